The van der Waals surface area contributed by atoms with E-state index in [1.807, 2.05) is 20.0 Å². The predicted molar refractivity (Wildman–Crippen MR) is 61.7 cm³/mol. The van der Waals surface area contributed by atoms with E-state index in [2.05, 4.69) is 11.0 Å². The van der Waals surface area contributed by atoms with Crippen LogP contribution in [0, 0.1) is 5.92 Å². The Hall–Kier alpha value is -0.380. The van der Waals surface area contributed by atoms with Gasteiger partial charge < -0.3 is 15.1 Å². The Morgan fingerprint density at radius 2 is 2.27 bits per heavy atom. The molecule has 0 radical (unpaired) electrons. The number of aliphatic hydroxyl groups excluding tert-OH is 2. The molecule has 1 heterocycles. The molecule has 3 heteroatoms. The van der Waals surface area contributed by atoms with Gasteiger partial charge in [0.15, 0.2) is 0 Å². The van der Waals surface area contributed by atoms with Crippen LogP contribution >= 0.6 is 0 Å². The van der Waals surface area contributed by atoms with E-state index < -0.39 is 0 Å². The normalized spacial score (nSPS) is 30.9. The SMILES string of the molecule is CC=CCCC(O)C1CN(C)CCC1O. The van der Waals surface area contributed by atoms with Crippen LogP contribution in [0.3, 0.4) is 0 Å². The van der Waals surface area contributed by atoms with Crippen molar-refractivity contribution in [2.24, 2.45) is 5.92 Å². The van der Waals surface area contributed by atoms with Crippen molar-refractivity contribution in [1.82, 2.24) is 4.90 Å². The van der Waals surface area contributed by atoms with Gasteiger partial charge in [0.05, 0.1) is 12.2 Å². The summed E-state index contributed by atoms with van der Waals surface area (Å²) < 4.78 is 0. The maximum atomic E-state index is 9.97. The van der Waals surface area contributed by atoms with Gasteiger partial charge >= 0.3 is 0 Å². The first-order chi connectivity index (χ1) is 7.15. The molecule has 88 valence electrons. The number of likely N-dealkylation sites (tertiary alicyclic amines) is 1. The zero-order valence-corrected chi connectivity index (χ0v) is 9.76. The minimum atomic E-state index is -0.376. The smallest absolute Gasteiger partial charge is 0.0617 e. The van der Waals surface area contributed by atoms with Crippen LogP contribution < -0.4 is 0 Å². The number of aliphatic hydroxyl groups is 2. The third kappa shape index (κ3) is 3.93. The molecule has 0 amide bonds. The van der Waals surface area contributed by atoms with Crippen LogP contribution in [0.2, 0.25) is 0 Å². The molecule has 0 aromatic rings. The Balaban J connectivity index is 2.38. The standard InChI is InChI=1S/C12H23NO2/c1-3-4-5-6-11(14)10-9-13(2)8-7-12(10)15/h3-4,10-12,14-15H,5-9H2,1-2H3. The molecule has 1 rings (SSSR count). The highest BCUT2D eigenvalue weighted by atomic mass is 16.3. The lowest BCUT2D eigenvalue weighted by atomic mass is 9.88. The average molecular weight is 213 g/mol. The van der Waals surface area contributed by atoms with Gasteiger partial charge in [-0.25, -0.2) is 0 Å². The number of allylic oxidation sites excluding steroid dienone is 2. The van der Waals surface area contributed by atoms with Gasteiger partial charge in [0.1, 0.15) is 0 Å². The van der Waals surface area contributed by atoms with E-state index in [9.17, 15) is 10.2 Å². The molecule has 1 aliphatic heterocycles. The summed E-state index contributed by atoms with van der Waals surface area (Å²) in [5, 5.41) is 19.8. The monoisotopic (exact) mass is 213 g/mol. The summed E-state index contributed by atoms with van der Waals surface area (Å²) in [4.78, 5) is 2.18. The van der Waals surface area contributed by atoms with Gasteiger partial charge in [-0.2, -0.15) is 0 Å². The molecule has 15 heavy (non-hydrogen) atoms. The minimum Gasteiger partial charge on any atom is -0.393 e. The van der Waals surface area contributed by atoms with E-state index in [0.29, 0.717) is 0 Å². The molecule has 0 saturated carbocycles. The van der Waals surface area contributed by atoms with Gasteiger partial charge in [-0.15, -0.1) is 0 Å². The molecule has 0 aliphatic carbocycles. The molecule has 1 aliphatic rings. The lowest BCUT2D eigenvalue weighted by Crippen LogP contribution is -2.46. The van der Waals surface area contributed by atoms with Gasteiger partial charge in [-0.3, -0.25) is 0 Å². The Bertz CT molecular complexity index is 206. The first kappa shape index (κ1) is 12.7. The fourth-order valence-electron chi connectivity index (χ4n) is 2.17. The van der Waals surface area contributed by atoms with Crippen molar-refractivity contribution in [3.8, 4) is 0 Å². The van der Waals surface area contributed by atoms with E-state index in [-0.39, 0.29) is 18.1 Å². The first-order valence-electron chi connectivity index (χ1n) is 5.81. The summed E-state index contributed by atoms with van der Waals surface area (Å²) in [5.41, 5.74) is 0. The number of rotatable bonds is 4. The highest BCUT2D eigenvalue weighted by Gasteiger charge is 2.31. The van der Waals surface area contributed by atoms with Crippen molar-refractivity contribution in [3.63, 3.8) is 0 Å². The highest BCUT2D eigenvalue weighted by Crippen LogP contribution is 2.22. The second kappa shape index (κ2) is 6.26. The van der Waals surface area contributed by atoms with Crippen molar-refractivity contribution in [2.75, 3.05) is 20.1 Å². The summed E-state index contributed by atoms with van der Waals surface area (Å²) in [5.74, 6) is 0.0222. The maximum absolute atomic E-state index is 9.97. The van der Waals surface area contributed by atoms with Crippen LogP contribution in [0.1, 0.15) is 26.2 Å². The number of nitrogens with zero attached hydrogens (tertiary/aromatic N) is 1. The second-order valence-electron chi connectivity index (χ2n) is 4.50. The Kier molecular flexibility index (Phi) is 5.29. The summed E-state index contributed by atoms with van der Waals surface area (Å²) >= 11 is 0. The first-order valence-corrected chi connectivity index (χ1v) is 5.81. The molecule has 3 unspecified atom stereocenters. The molecule has 1 saturated heterocycles. The van der Waals surface area contributed by atoms with Crippen LogP contribution in [0.15, 0.2) is 12.2 Å². The molecular formula is C12H23NO2. The third-order valence-corrected chi connectivity index (χ3v) is 3.18. The molecule has 0 aromatic carbocycles. The summed E-state index contributed by atoms with van der Waals surface area (Å²) in [6.07, 6.45) is 5.77. The van der Waals surface area contributed by atoms with E-state index >= 15 is 0 Å². The van der Waals surface area contributed by atoms with Crippen molar-refractivity contribution in [3.05, 3.63) is 12.2 Å². The summed E-state index contributed by atoms with van der Waals surface area (Å²) in [6, 6.07) is 0. The lowest BCUT2D eigenvalue weighted by Gasteiger charge is -2.36. The quantitative estimate of drug-likeness (QED) is 0.685. The fourth-order valence-corrected chi connectivity index (χ4v) is 2.17. The topological polar surface area (TPSA) is 43.7 Å². The molecule has 3 nitrogen and oxygen atoms in total. The second-order valence-corrected chi connectivity index (χ2v) is 4.50. The van der Waals surface area contributed by atoms with Crippen molar-refractivity contribution in [1.29, 1.82) is 0 Å². The van der Waals surface area contributed by atoms with E-state index in [1.165, 1.54) is 0 Å². The van der Waals surface area contributed by atoms with Crippen molar-refractivity contribution < 1.29 is 10.2 Å². The fraction of sp³-hybridized carbons (Fsp3) is 0.833. The minimum absolute atomic E-state index is 0.0222. The van der Waals surface area contributed by atoms with Crippen LogP contribution in [0.5, 0.6) is 0 Å². The van der Waals surface area contributed by atoms with Crippen molar-refractivity contribution >= 4 is 0 Å². The Morgan fingerprint density at radius 3 is 2.93 bits per heavy atom. The molecule has 0 spiro atoms. The molecule has 3 atom stereocenters. The van der Waals surface area contributed by atoms with Crippen LogP contribution in [0.4, 0.5) is 0 Å². The average Bonchev–Trinajstić information content (AvgIpc) is 2.22. The number of hydrogen-bond donors (Lipinski definition) is 2. The Morgan fingerprint density at radius 1 is 1.53 bits per heavy atom. The van der Waals surface area contributed by atoms with Crippen molar-refractivity contribution in [2.45, 2.75) is 38.4 Å². The van der Waals surface area contributed by atoms with Crippen LogP contribution in [-0.4, -0.2) is 47.5 Å². The van der Waals surface area contributed by atoms with Crippen LogP contribution in [0.25, 0.3) is 0 Å². The molecule has 1 fully saturated rings. The van der Waals surface area contributed by atoms with Gasteiger partial charge in [0.25, 0.3) is 0 Å². The third-order valence-electron chi connectivity index (χ3n) is 3.18. The van der Waals surface area contributed by atoms with Gasteiger partial charge in [-0.1, -0.05) is 12.2 Å². The van der Waals surface area contributed by atoms with Gasteiger partial charge in [-0.05, 0) is 33.2 Å². The van der Waals surface area contributed by atoms with Crippen LogP contribution in [-0.2, 0) is 0 Å². The largest absolute Gasteiger partial charge is 0.393 e. The van der Waals surface area contributed by atoms with E-state index in [0.717, 1.165) is 32.4 Å². The van der Waals surface area contributed by atoms with E-state index in [4.69, 9.17) is 0 Å². The Labute approximate surface area is 92.4 Å². The van der Waals surface area contributed by atoms with Gasteiger partial charge in [0.2, 0.25) is 0 Å². The zero-order chi connectivity index (χ0) is 11.3. The molecule has 0 aromatic heterocycles. The molecule has 2 N–H and O–H groups in total. The molecule has 0 bridgehead atoms. The highest BCUT2D eigenvalue weighted by molar-refractivity contribution is 4.86. The molecular weight excluding hydrogens is 190 g/mol. The number of hydrogen-bond acceptors (Lipinski definition) is 3. The summed E-state index contributed by atoms with van der Waals surface area (Å²) in [6.45, 7) is 3.72. The lowest BCUT2D eigenvalue weighted by molar-refractivity contribution is -0.0350. The maximum Gasteiger partial charge on any atom is 0.0617 e. The van der Waals surface area contributed by atoms with E-state index in [1.54, 1.807) is 0 Å². The predicted octanol–water partition coefficient (Wildman–Crippen LogP) is 1.02. The number of piperidine rings is 1. The zero-order valence-electron chi connectivity index (χ0n) is 9.76. The summed E-state index contributed by atoms with van der Waals surface area (Å²) in [7, 11) is 2.04. The van der Waals surface area contributed by atoms with Gasteiger partial charge in [0, 0.05) is 19.0 Å².